The summed E-state index contributed by atoms with van der Waals surface area (Å²) in [6, 6.07) is 9.98. The molecule has 158 valence electrons. The van der Waals surface area contributed by atoms with Crippen LogP contribution in [0.5, 0.6) is 5.75 Å². The lowest BCUT2D eigenvalue weighted by atomic mass is 9.96. The first-order chi connectivity index (χ1) is 14.6. The molecule has 0 saturated carbocycles. The number of fused-ring (bicyclic) bond motifs is 1. The van der Waals surface area contributed by atoms with Gasteiger partial charge in [-0.2, -0.15) is 0 Å². The molecule has 0 radical (unpaired) electrons. The van der Waals surface area contributed by atoms with E-state index in [1.54, 1.807) is 30.3 Å². The van der Waals surface area contributed by atoms with Gasteiger partial charge in [-0.05, 0) is 56.6 Å². The molecule has 2 heterocycles. The molecule has 2 aromatic carbocycles. The van der Waals surface area contributed by atoms with Crippen molar-refractivity contribution in [1.82, 2.24) is 10.1 Å². The van der Waals surface area contributed by atoms with Crippen LogP contribution in [0.25, 0.3) is 11.0 Å². The summed E-state index contributed by atoms with van der Waals surface area (Å²) in [5.41, 5.74) is 2.36. The minimum Gasteiger partial charge on any atom is -0.507 e. The van der Waals surface area contributed by atoms with Crippen LogP contribution >= 0.6 is 0 Å². The number of likely N-dealkylation sites (tertiary alicyclic amines) is 1. The number of ether oxygens (including phenoxy) is 1. The highest BCUT2D eigenvalue weighted by molar-refractivity contribution is 5.84. The highest BCUT2D eigenvalue weighted by atomic mass is 19.1. The van der Waals surface area contributed by atoms with Gasteiger partial charge in [0.2, 0.25) is 0 Å². The molecule has 1 aliphatic heterocycles. The highest BCUT2D eigenvalue weighted by Crippen LogP contribution is 2.32. The zero-order valence-corrected chi connectivity index (χ0v) is 16.9. The van der Waals surface area contributed by atoms with E-state index in [2.05, 4.69) is 10.1 Å². The molecule has 1 saturated heterocycles. The Morgan fingerprint density at radius 2 is 2.03 bits per heavy atom. The number of carbonyl (C=O) groups is 1. The normalized spacial score (nSPS) is 15.5. The Bertz CT molecular complexity index is 1040. The van der Waals surface area contributed by atoms with Gasteiger partial charge in [-0.3, -0.25) is 9.69 Å². The molecule has 7 heteroatoms. The van der Waals surface area contributed by atoms with Crippen LogP contribution in [0, 0.1) is 11.7 Å². The van der Waals surface area contributed by atoms with E-state index in [0.717, 1.165) is 31.3 Å². The topological polar surface area (TPSA) is 75.8 Å². The van der Waals surface area contributed by atoms with E-state index in [0.29, 0.717) is 42.0 Å². The van der Waals surface area contributed by atoms with Crippen LogP contribution in [-0.4, -0.2) is 40.8 Å². The van der Waals surface area contributed by atoms with E-state index in [4.69, 9.17) is 9.26 Å². The molecule has 3 aromatic rings. The smallest absolute Gasteiger partial charge is 0.309 e. The predicted molar refractivity (Wildman–Crippen MR) is 110 cm³/mol. The maximum Gasteiger partial charge on any atom is 0.309 e. The second-order valence-corrected chi connectivity index (χ2v) is 7.64. The number of phenolic OH excluding ortho intramolecular Hbond substituents is 1. The number of hydrogen-bond donors (Lipinski definition) is 1. The van der Waals surface area contributed by atoms with Crippen LogP contribution in [0.15, 0.2) is 40.9 Å². The minimum atomic E-state index is -0.280. The number of nitrogens with zero attached hydrogens (tertiary/aromatic N) is 2. The molecule has 0 bridgehead atoms. The molecule has 4 rings (SSSR count). The van der Waals surface area contributed by atoms with Crippen molar-refractivity contribution in [1.29, 1.82) is 0 Å². The van der Waals surface area contributed by atoms with Crippen molar-refractivity contribution >= 4 is 16.9 Å². The van der Waals surface area contributed by atoms with Crippen LogP contribution < -0.4 is 0 Å². The molecular weight excluding hydrogens is 387 g/mol. The maximum absolute atomic E-state index is 14.0. The summed E-state index contributed by atoms with van der Waals surface area (Å²) >= 11 is 0. The second kappa shape index (κ2) is 8.83. The summed E-state index contributed by atoms with van der Waals surface area (Å²) in [7, 11) is 0. The Labute approximate surface area is 174 Å². The molecule has 0 amide bonds. The summed E-state index contributed by atoms with van der Waals surface area (Å²) in [6.07, 6.45) is 1.77. The average molecular weight is 412 g/mol. The van der Waals surface area contributed by atoms with Crippen molar-refractivity contribution in [3.63, 3.8) is 0 Å². The molecule has 1 aromatic heterocycles. The van der Waals surface area contributed by atoms with Gasteiger partial charge in [-0.25, -0.2) is 4.39 Å². The summed E-state index contributed by atoms with van der Waals surface area (Å²) in [5, 5.41) is 15.4. The molecule has 1 aliphatic rings. The number of halogens is 1. The first-order valence-corrected chi connectivity index (χ1v) is 10.3. The minimum absolute atomic E-state index is 0.0664. The van der Waals surface area contributed by atoms with Gasteiger partial charge in [-0.1, -0.05) is 23.4 Å². The Balaban J connectivity index is 1.51. The van der Waals surface area contributed by atoms with Gasteiger partial charge in [0.15, 0.2) is 5.58 Å². The summed E-state index contributed by atoms with van der Waals surface area (Å²) in [4.78, 5) is 14.1. The van der Waals surface area contributed by atoms with Crippen molar-refractivity contribution in [3.8, 4) is 5.75 Å². The maximum atomic E-state index is 14.0. The molecule has 1 fully saturated rings. The molecule has 0 spiro atoms. The zero-order chi connectivity index (χ0) is 21.1. The van der Waals surface area contributed by atoms with Gasteiger partial charge < -0.3 is 14.4 Å². The van der Waals surface area contributed by atoms with E-state index in [1.165, 1.54) is 6.07 Å². The van der Waals surface area contributed by atoms with Gasteiger partial charge in [0.25, 0.3) is 0 Å². The third kappa shape index (κ3) is 4.16. The van der Waals surface area contributed by atoms with Crippen molar-refractivity contribution in [3.05, 3.63) is 59.0 Å². The van der Waals surface area contributed by atoms with Crippen molar-refractivity contribution in [2.24, 2.45) is 5.92 Å². The number of benzene rings is 2. The van der Waals surface area contributed by atoms with Crippen molar-refractivity contribution in [2.75, 3.05) is 19.7 Å². The standard InChI is InChI=1S/C23H25FN2O4/c1-2-29-23(28)15-9-11-26(12-10-15)14-18-21(27)8-7-17-20(25-30-22(17)18)13-16-5-3-4-6-19(16)24/h3-8,15,27H,2,9-14H2,1H3. The lowest BCUT2D eigenvalue weighted by molar-refractivity contribution is -0.149. The number of hydrogen-bond acceptors (Lipinski definition) is 6. The molecule has 0 aliphatic carbocycles. The Kier molecular flexibility index (Phi) is 5.99. The number of carbonyl (C=O) groups excluding carboxylic acids is 1. The van der Waals surface area contributed by atoms with Crippen molar-refractivity contribution < 1.29 is 23.6 Å². The van der Waals surface area contributed by atoms with Crippen LogP contribution in [0.1, 0.15) is 36.6 Å². The first kappa shape index (κ1) is 20.3. The Morgan fingerprint density at radius 1 is 1.27 bits per heavy atom. The van der Waals surface area contributed by atoms with E-state index < -0.39 is 0 Å². The van der Waals surface area contributed by atoms with Gasteiger partial charge in [-0.15, -0.1) is 0 Å². The molecule has 30 heavy (non-hydrogen) atoms. The lowest BCUT2D eigenvalue weighted by Gasteiger charge is -2.30. The van der Waals surface area contributed by atoms with Crippen LogP contribution in [0.4, 0.5) is 4.39 Å². The van der Waals surface area contributed by atoms with Crippen LogP contribution in [0.3, 0.4) is 0 Å². The average Bonchev–Trinajstić information content (AvgIpc) is 3.15. The van der Waals surface area contributed by atoms with Crippen molar-refractivity contribution in [2.45, 2.75) is 32.7 Å². The fourth-order valence-electron chi connectivity index (χ4n) is 4.01. The number of esters is 1. The number of rotatable bonds is 6. The number of aromatic nitrogens is 1. The lowest BCUT2D eigenvalue weighted by Crippen LogP contribution is -2.36. The number of phenols is 1. The van der Waals surface area contributed by atoms with Crippen LogP contribution in [-0.2, 0) is 22.5 Å². The molecule has 0 atom stereocenters. The number of aromatic hydroxyl groups is 1. The van der Waals surface area contributed by atoms with E-state index >= 15 is 0 Å². The van der Waals surface area contributed by atoms with Gasteiger partial charge in [0.1, 0.15) is 11.6 Å². The molecular formula is C23H25FN2O4. The molecule has 6 nitrogen and oxygen atoms in total. The summed E-state index contributed by atoms with van der Waals surface area (Å²) in [6.45, 7) is 4.17. The predicted octanol–water partition coefficient (Wildman–Crippen LogP) is 4.04. The monoisotopic (exact) mass is 412 g/mol. The summed E-state index contributed by atoms with van der Waals surface area (Å²) < 4.78 is 24.7. The number of piperidine rings is 1. The van der Waals surface area contributed by atoms with E-state index in [-0.39, 0.29) is 23.5 Å². The Morgan fingerprint density at radius 3 is 2.77 bits per heavy atom. The highest BCUT2D eigenvalue weighted by Gasteiger charge is 2.27. The fraction of sp³-hybridized carbons (Fsp3) is 0.391. The third-order valence-electron chi connectivity index (χ3n) is 5.70. The quantitative estimate of drug-likeness (QED) is 0.616. The van der Waals surface area contributed by atoms with Crippen LogP contribution in [0.2, 0.25) is 0 Å². The molecule has 0 unspecified atom stereocenters. The van der Waals surface area contributed by atoms with Gasteiger partial charge in [0, 0.05) is 18.4 Å². The van der Waals surface area contributed by atoms with Gasteiger partial charge in [0.05, 0.1) is 23.8 Å². The molecule has 1 N–H and O–H groups in total. The largest absolute Gasteiger partial charge is 0.507 e. The second-order valence-electron chi connectivity index (χ2n) is 7.64. The van der Waals surface area contributed by atoms with E-state index in [9.17, 15) is 14.3 Å². The zero-order valence-electron chi connectivity index (χ0n) is 16.9. The van der Waals surface area contributed by atoms with Gasteiger partial charge >= 0.3 is 5.97 Å². The first-order valence-electron chi connectivity index (χ1n) is 10.3. The van der Waals surface area contributed by atoms with E-state index in [1.807, 2.05) is 6.92 Å². The fourth-order valence-corrected chi connectivity index (χ4v) is 4.01. The summed E-state index contributed by atoms with van der Waals surface area (Å²) in [5.74, 6) is -0.334. The SMILES string of the molecule is CCOC(=O)C1CCN(Cc2c(O)ccc3c(Cc4ccccc4F)noc23)CC1. The Hall–Kier alpha value is -2.93. The third-order valence-corrected chi connectivity index (χ3v) is 5.70.